The van der Waals surface area contributed by atoms with Crippen LogP contribution in [0.25, 0.3) is 0 Å². The molecule has 0 aliphatic carbocycles. The third kappa shape index (κ3) is 3.86. The molecule has 1 heterocycles. The molecule has 110 valence electrons. The van der Waals surface area contributed by atoms with Gasteiger partial charge < -0.3 is 10.6 Å². The Morgan fingerprint density at radius 2 is 1.81 bits per heavy atom. The average molecular weight is 324 g/mol. The number of rotatable bonds is 4. The van der Waals surface area contributed by atoms with Gasteiger partial charge in [0.2, 0.25) is 0 Å². The topological polar surface area (TPSA) is 59.2 Å². The van der Waals surface area contributed by atoms with Gasteiger partial charge in [0.1, 0.15) is 0 Å². The fraction of sp³-hybridized carbons (Fsp3) is 0.200. The van der Waals surface area contributed by atoms with Gasteiger partial charge in [-0.1, -0.05) is 23.2 Å². The Hall–Kier alpha value is -1.78. The highest BCUT2D eigenvalue weighted by molar-refractivity contribution is 6.39. The molecule has 1 aromatic heterocycles. The van der Waals surface area contributed by atoms with Crippen molar-refractivity contribution >= 4 is 34.8 Å². The number of nitrogens with two attached hydrogens (primary N) is 1. The normalized spacial score (nSPS) is 10.4. The highest BCUT2D eigenvalue weighted by Crippen LogP contribution is 2.29. The van der Waals surface area contributed by atoms with Crippen LogP contribution < -0.4 is 5.73 Å². The van der Waals surface area contributed by atoms with E-state index in [1.165, 1.54) is 12.1 Å². The molecule has 0 saturated carbocycles. The summed E-state index contributed by atoms with van der Waals surface area (Å²) in [6.07, 6.45) is 4.22. The van der Waals surface area contributed by atoms with Gasteiger partial charge in [0.15, 0.2) is 0 Å². The fourth-order valence-corrected chi connectivity index (χ4v) is 2.36. The number of nitrogen functional groups attached to an aromatic ring is 1. The van der Waals surface area contributed by atoms with E-state index in [-0.39, 0.29) is 21.6 Å². The molecule has 21 heavy (non-hydrogen) atoms. The summed E-state index contributed by atoms with van der Waals surface area (Å²) in [7, 11) is 1.74. The first-order chi connectivity index (χ1) is 9.99. The summed E-state index contributed by atoms with van der Waals surface area (Å²) in [4.78, 5) is 17.9. The standard InChI is InChI=1S/C15H15Cl2N3O/c1-20(7-4-10-2-5-19-6-3-10)15(21)11-8-12(16)14(18)13(17)9-11/h2-3,5-6,8-9H,4,7,18H2,1H3. The molecule has 0 bridgehead atoms. The van der Waals surface area contributed by atoms with Gasteiger partial charge in [-0.15, -0.1) is 0 Å². The number of carbonyl (C=O) groups excluding carboxylic acids is 1. The number of pyridine rings is 1. The molecule has 2 N–H and O–H groups in total. The number of aromatic nitrogens is 1. The summed E-state index contributed by atoms with van der Waals surface area (Å²) >= 11 is 11.9. The maximum atomic E-state index is 12.3. The van der Waals surface area contributed by atoms with E-state index in [9.17, 15) is 4.79 Å². The number of hydrogen-bond acceptors (Lipinski definition) is 3. The van der Waals surface area contributed by atoms with Crippen LogP contribution in [0.5, 0.6) is 0 Å². The summed E-state index contributed by atoms with van der Waals surface area (Å²) in [6.45, 7) is 0.586. The van der Waals surface area contributed by atoms with Crippen molar-refractivity contribution in [3.05, 3.63) is 57.8 Å². The molecule has 0 radical (unpaired) electrons. The molecule has 1 aromatic carbocycles. The minimum absolute atomic E-state index is 0.146. The molecule has 6 heteroatoms. The molecule has 0 spiro atoms. The first-order valence-corrected chi connectivity index (χ1v) is 7.13. The number of benzene rings is 1. The molecule has 0 atom stereocenters. The van der Waals surface area contributed by atoms with Gasteiger partial charge in [0.05, 0.1) is 15.7 Å². The minimum Gasteiger partial charge on any atom is -0.396 e. The van der Waals surface area contributed by atoms with Crippen molar-refractivity contribution in [1.82, 2.24) is 9.88 Å². The van der Waals surface area contributed by atoms with Crippen molar-refractivity contribution in [1.29, 1.82) is 0 Å². The predicted octanol–water partition coefficient (Wildman–Crippen LogP) is 3.29. The zero-order valence-electron chi connectivity index (χ0n) is 11.5. The second-order valence-corrected chi connectivity index (χ2v) is 5.50. The van der Waals surface area contributed by atoms with Gasteiger partial charge in [0, 0.05) is 31.5 Å². The second kappa shape index (κ2) is 6.78. The van der Waals surface area contributed by atoms with Crippen LogP contribution in [0.2, 0.25) is 10.0 Å². The molecule has 0 aliphatic heterocycles. The van der Waals surface area contributed by atoms with Gasteiger partial charge in [-0.05, 0) is 36.2 Å². The van der Waals surface area contributed by atoms with Gasteiger partial charge in [-0.25, -0.2) is 0 Å². The third-order valence-corrected chi connectivity index (χ3v) is 3.78. The number of likely N-dealkylation sites (N-methyl/N-ethyl adjacent to an activating group) is 1. The molecular weight excluding hydrogens is 309 g/mol. The summed E-state index contributed by atoms with van der Waals surface area (Å²) in [5.41, 5.74) is 7.50. The minimum atomic E-state index is -0.146. The Morgan fingerprint density at radius 1 is 1.24 bits per heavy atom. The lowest BCUT2D eigenvalue weighted by molar-refractivity contribution is 0.0796. The van der Waals surface area contributed by atoms with Crippen LogP contribution in [0.1, 0.15) is 15.9 Å². The number of nitrogens with zero attached hydrogens (tertiary/aromatic N) is 2. The Labute approximate surface area is 133 Å². The largest absolute Gasteiger partial charge is 0.396 e. The van der Waals surface area contributed by atoms with Gasteiger partial charge in [0.25, 0.3) is 5.91 Å². The zero-order valence-corrected chi connectivity index (χ0v) is 13.0. The van der Waals surface area contributed by atoms with E-state index in [2.05, 4.69) is 4.98 Å². The van der Waals surface area contributed by atoms with Crippen molar-refractivity contribution in [3.8, 4) is 0 Å². The van der Waals surface area contributed by atoms with Crippen molar-refractivity contribution in [2.24, 2.45) is 0 Å². The lowest BCUT2D eigenvalue weighted by Gasteiger charge is -2.18. The maximum absolute atomic E-state index is 12.3. The van der Waals surface area contributed by atoms with Crippen LogP contribution >= 0.6 is 23.2 Å². The molecule has 0 unspecified atom stereocenters. The SMILES string of the molecule is CN(CCc1ccncc1)C(=O)c1cc(Cl)c(N)c(Cl)c1. The highest BCUT2D eigenvalue weighted by atomic mass is 35.5. The van der Waals surface area contributed by atoms with E-state index in [0.717, 1.165) is 12.0 Å². The summed E-state index contributed by atoms with van der Waals surface area (Å²) in [6, 6.07) is 6.92. The van der Waals surface area contributed by atoms with E-state index < -0.39 is 0 Å². The van der Waals surface area contributed by atoms with E-state index >= 15 is 0 Å². The van der Waals surface area contributed by atoms with Gasteiger partial charge in [-0.3, -0.25) is 9.78 Å². The van der Waals surface area contributed by atoms with Crippen molar-refractivity contribution in [2.45, 2.75) is 6.42 Å². The van der Waals surface area contributed by atoms with Crippen molar-refractivity contribution < 1.29 is 4.79 Å². The Kier molecular flexibility index (Phi) is 5.04. The Balaban J connectivity index is 2.06. The van der Waals surface area contributed by atoms with Crippen LogP contribution in [0.3, 0.4) is 0 Å². The molecule has 2 rings (SSSR count). The van der Waals surface area contributed by atoms with E-state index in [0.29, 0.717) is 12.1 Å². The van der Waals surface area contributed by atoms with Crippen LogP contribution in [-0.4, -0.2) is 29.4 Å². The predicted molar refractivity (Wildman–Crippen MR) is 85.8 cm³/mol. The van der Waals surface area contributed by atoms with E-state index in [1.54, 1.807) is 24.3 Å². The maximum Gasteiger partial charge on any atom is 0.253 e. The monoisotopic (exact) mass is 323 g/mol. The van der Waals surface area contributed by atoms with Gasteiger partial charge in [-0.2, -0.15) is 0 Å². The molecule has 4 nitrogen and oxygen atoms in total. The fourth-order valence-electron chi connectivity index (χ4n) is 1.88. The number of hydrogen-bond donors (Lipinski definition) is 1. The molecule has 0 aliphatic rings. The molecular formula is C15H15Cl2N3O. The molecule has 0 fully saturated rings. The quantitative estimate of drug-likeness (QED) is 0.878. The molecule has 0 saturated heterocycles. The van der Waals surface area contributed by atoms with Crippen LogP contribution in [0.4, 0.5) is 5.69 Å². The lowest BCUT2D eigenvalue weighted by atomic mass is 10.1. The average Bonchev–Trinajstić information content (AvgIpc) is 2.50. The number of carbonyl (C=O) groups is 1. The first kappa shape index (κ1) is 15.6. The number of halogens is 2. The molecule has 1 amide bonds. The zero-order chi connectivity index (χ0) is 15.4. The lowest BCUT2D eigenvalue weighted by Crippen LogP contribution is -2.28. The summed E-state index contributed by atoms with van der Waals surface area (Å²) in [5.74, 6) is -0.146. The number of anilines is 1. The van der Waals surface area contributed by atoms with E-state index in [1.807, 2.05) is 12.1 Å². The van der Waals surface area contributed by atoms with Crippen molar-refractivity contribution in [2.75, 3.05) is 19.3 Å². The molecule has 2 aromatic rings. The first-order valence-electron chi connectivity index (χ1n) is 6.38. The number of amides is 1. The van der Waals surface area contributed by atoms with Crippen LogP contribution in [0, 0.1) is 0 Å². The third-order valence-electron chi connectivity index (χ3n) is 3.16. The smallest absolute Gasteiger partial charge is 0.253 e. The second-order valence-electron chi connectivity index (χ2n) is 4.69. The van der Waals surface area contributed by atoms with Crippen molar-refractivity contribution in [3.63, 3.8) is 0 Å². The van der Waals surface area contributed by atoms with E-state index in [4.69, 9.17) is 28.9 Å². The Bertz CT molecular complexity index is 624. The van der Waals surface area contributed by atoms with Crippen LogP contribution in [0.15, 0.2) is 36.7 Å². The summed E-state index contributed by atoms with van der Waals surface area (Å²) < 4.78 is 0. The summed E-state index contributed by atoms with van der Waals surface area (Å²) in [5, 5.41) is 0.571. The highest BCUT2D eigenvalue weighted by Gasteiger charge is 2.15. The van der Waals surface area contributed by atoms with Gasteiger partial charge >= 0.3 is 0 Å². The van der Waals surface area contributed by atoms with Crippen LogP contribution in [-0.2, 0) is 6.42 Å². The Morgan fingerprint density at radius 3 is 2.38 bits per heavy atom.